The molecule has 75 heavy (non-hydrogen) atoms. The highest BCUT2D eigenvalue weighted by Gasteiger charge is 2.73. The van der Waals surface area contributed by atoms with Crippen LogP contribution in [0, 0.1) is 45.3 Å². The van der Waals surface area contributed by atoms with E-state index >= 15 is 0 Å². The zero-order chi connectivity index (χ0) is 55.1. The molecule has 0 radical (unpaired) electrons. The van der Waals surface area contributed by atoms with Crippen molar-refractivity contribution in [3.8, 4) is 0 Å². The van der Waals surface area contributed by atoms with Gasteiger partial charge in [0.05, 0.1) is 44.2 Å². The van der Waals surface area contributed by atoms with Crippen LogP contribution in [0.15, 0.2) is 11.6 Å². The number of hydrogen-bond donors (Lipinski definition) is 14. The summed E-state index contributed by atoms with van der Waals surface area (Å²) in [7, 11) is 0. The molecule has 4 aliphatic carbocycles. The van der Waals surface area contributed by atoms with E-state index in [1.54, 1.807) is 0 Å². The van der Waals surface area contributed by atoms with E-state index in [1.165, 1.54) is 0 Å². The Morgan fingerprint density at radius 1 is 0.600 bits per heavy atom. The fourth-order valence-electron chi connectivity index (χ4n) is 16.0. The second kappa shape index (κ2) is 22.7. The molecule has 0 aromatic carbocycles. The molecule has 29 atom stereocenters. The summed E-state index contributed by atoms with van der Waals surface area (Å²) in [6.45, 7) is 14.8. The molecule has 0 bridgehead atoms. The van der Waals surface area contributed by atoms with E-state index in [9.17, 15) is 71.5 Å². The Morgan fingerprint density at radius 3 is 1.79 bits per heavy atom. The quantitative estimate of drug-likeness (QED) is 0.0651. The van der Waals surface area contributed by atoms with Gasteiger partial charge in [0.25, 0.3) is 0 Å². The predicted molar refractivity (Wildman–Crippen MR) is 260 cm³/mol. The van der Waals surface area contributed by atoms with Gasteiger partial charge in [-0.05, 0) is 118 Å². The van der Waals surface area contributed by atoms with Crippen LogP contribution in [0.25, 0.3) is 0 Å². The Bertz CT molecular complexity index is 1940. The van der Waals surface area contributed by atoms with E-state index in [1.807, 2.05) is 20.8 Å². The fraction of sp³-hybridized carbons (Fsp3) is 0.962. The summed E-state index contributed by atoms with van der Waals surface area (Å²) in [5, 5.41) is 152. The van der Waals surface area contributed by atoms with Crippen LogP contribution in [0.3, 0.4) is 0 Å². The van der Waals surface area contributed by atoms with Gasteiger partial charge in [0.2, 0.25) is 0 Å². The maximum absolute atomic E-state index is 12.6. The number of fused-ring (bicyclic) bond motifs is 5. The first kappa shape index (κ1) is 60.0. The molecule has 14 N–H and O–H groups in total. The first-order valence-corrected chi connectivity index (χ1v) is 27.3. The highest BCUT2D eigenvalue weighted by Crippen LogP contribution is 2.76. The second-order valence-electron chi connectivity index (χ2n) is 25.3. The van der Waals surface area contributed by atoms with Crippen LogP contribution in [-0.4, -0.2) is 232 Å². The van der Waals surface area contributed by atoms with Crippen LogP contribution in [0.1, 0.15) is 113 Å². The molecule has 4 saturated carbocycles. The Hall–Kier alpha value is -1.14. The lowest BCUT2D eigenvalue weighted by Crippen LogP contribution is -2.68. The highest BCUT2D eigenvalue weighted by molar-refractivity contribution is 5.21. The van der Waals surface area contributed by atoms with Gasteiger partial charge in [-0.2, -0.15) is 0 Å². The predicted octanol–water partition coefficient (Wildman–Crippen LogP) is -1.56. The number of rotatable bonds is 15. The average molecular weight is 1080 g/mol. The molecule has 8 aliphatic rings. The topological polar surface area (TPSA) is 357 Å². The molecule has 4 heterocycles. The molecule has 4 saturated heterocycles. The average Bonchev–Trinajstić information content (AvgIpc) is 3.69. The SMILES string of the molecule is CC(C)=CCC[C@](C)(O)[C@H]1CC[C@@]2(C)[C@@H]3CC[C@H]4C(C)(C)[C@@H](O[C@@H]5O[C@H](CO)[C@@H](O)[C@H](O)[C@H]5O[C@@H]5O[C@H](CO)[C@@H](O)[C@H](O)[C@H]5O)CC[C@]4(C)[C@H]3C[C@@H](O[C@@H]3O[C@H](CO[C@@H]4OC[C@H](O)[C@H](O)[C@H]4O)[C@@H](O)[C@H](O)[C@H]3O)[C@]12C. The zero-order valence-electron chi connectivity index (χ0n) is 44.7. The standard InChI is InChI=1S/C53H90O22/c1-23(2)10-9-15-52(7,67)31-13-17-51(6)24-11-12-30-49(3,4)32(73-48-44(40(63)36(59)28(20-55)71-48)75-47-43(66)38(61)35(58)27(19-54)70-47)14-16-50(30,5)25(24)18-33(53(31,51)8)74-46-42(65)39(62)37(60)29(72-46)22-69-45-41(64)34(57)26(56)21-68-45/h10,24-48,54-67H,9,11-22H2,1-8H3/t24-,25+,26+,27-,28-,29-,30+,31-,32+,33-,34+,35-,36-,37-,38+,39+,40+,41-,42-,43-,44-,45+,46+,47+,48+,50-,51+,52+,53+/m1/s1. The maximum Gasteiger partial charge on any atom is 0.187 e. The van der Waals surface area contributed by atoms with Gasteiger partial charge in [0.1, 0.15) is 91.6 Å². The summed E-state index contributed by atoms with van der Waals surface area (Å²) in [6.07, 6.45) is -23.1. The van der Waals surface area contributed by atoms with Crippen molar-refractivity contribution in [2.45, 2.75) is 248 Å². The highest BCUT2D eigenvalue weighted by atomic mass is 16.8. The Morgan fingerprint density at radius 2 is 1.16 bits per heavy atom. The smallest absolute Gasteiger partial charge is 0.187 e. The molecule has 0 amide bonds. The largest absolute Gasteiger partial charge is 0.394 e. The van der Waals surface area contributed by atoms with Crippen molar-refractivity contribution < 1.29 is 109 Å². The summed E-state index contributed by atoms with van der Waals surface area (Å²) in [5.41, 5.74) is -2.15. The van der Waals surface area contributed by atoms with E-state index in [2.05, 4.69) is 40.7 Å². The molecule has 22 nitrogen and oxygen atoms in total. The molecule has 22 heteroatoms. The van der Waals surface area contributed by atoms with Crippen LogP contribution in [0.5, 0.6) is 0 Å². The fourth-order valence-corrected chi connectivity index (χ4v) is 16.0. The Labute approximate surface area is 439 Å². The lowest BCUT2D eigenvalue weighted by Gasteiger charge is -2.69. The van der Waals surface area contributed by atoms with E-state index < -0.39 is 171 Å². The minimum absolute atomic E-state index is 0.0000419. The molecular weight excluding hydrogens is 989 g/mol. The Kier molecular flexibility index (Phi) is 18.1. The summed E-state index contributed by atoms with van der Waals surface area (Å²) in [5.74, 6) is -0.130. The number of aliphatic hydroxyl groups is 14. The molecule has 0 spiro atoms. The van der Waals surface area contributed by atoms with E-state index in [-0.39, 0.29) is 35.7 Å². The number of aliphatic hydroxyl groups excluding tert-OH is 13. The number of ether oxygens (including phenoxy) is 8. The van der Waals surface area contributed by atoms with Gasteiger partial charge in [-0.1, -0.05) is 46.3 Å². The first-order valence-electron chi connectivity index (χ1n) is 27.3. The minimum atomic E-state index is -1.83. The lowest BCUT2D eigenvalue weighted by atomic mass is 9.37. The van der Waals surface area contributed by atoms with Crippen molar-refractivity contribution in [2.75, 3.05) is 26.4 Å². The van der Waals surface area contributed by atoms with Gasteiger partial charge in [-0.15, -0.1) is 0 Å². The molecule has 4 aliphatic heterocycles. The van der Waals surface area contributed by atoms with E-state index in [0.29, 0.717) is 38.5 Å². The minimum Gasteiger partial charge on any atom is -0.394 e. The van der Waals surface area contributed by atoms with Crippen molar-refractivity contribution in [2.24, 2.45) is 45.3 Å². The second-order valence-corrected chi connectivity index (χ2v) is 25.3. The molecule has 0 aromatic rings. The van der Waals surface area contributed by atoms with Crippen molar-refractivity contribution in [3.63, 3.8) is 0 Å². The molecule has 8 rings (SSSR count). The van der Waals surface area contributed by atoms with Gasteiger partial charge >= 0.3 is 0 Å². The maximum atomic E-state index is 12.6. The molecular formula is C53H90O22. The number of hydrogen-bond acceptors (Lipinski definition) is 22. The first-order chi connectivity index (χ1) is 35.1. The van der Waals surface area contributed by atoms with Crippen molar-refractivity contribution >= 4 is 0 Å². The van der Waals surface area contributed by atoms with Crippen molar-refractivity contribution in [1.29, 1.82) is 0 Å². The lowest BCUT2D eigenvalue weighted by molar-refractivity contribution is -0.378. The van der Waals surface area contributed by atoms with Crippen molar-refractivity contribution in [3.05, 3.63) is 11.6 Å². The third-order valence-corrected chi connectivity index (χ3v) is 20.5. The van der Waals surface area contributed by atoms with Crippen LogP contribution in [0.2, 0.25) is 0 Å². The number of allylic oxidation sites excluding steroid dienone is 2. The summed E-state index contributed by atoms with van der Waals surface area (Å²) in [6, 6.07) is 0. The summed E-state index contributed by atoms with van der Waals surface area (Å²) >= 11 is 0. The normalized spacial score (nSPS) is 52.7. The third-order valence-electron chi connectivity index (χ3n) is 20.5. The van der Waals surface area contributed by atoms with Gasteiger partial charge in [0.15, 0.2) is 25.2 Å². The molecule has 434 valence electrons. The molecule has 0 unspecified atom stereocenters. The zero-order valence-corrected chi connectivity index (χ0v) is 44.7. The van der Waals surface area contributed by atoms with Crippen LogP contribution < -0.4 is 0 Å². The van der Waals surface area contributed by atoms with Gasteiger partial charge in [-0.3, -0.25) is 0 Å². The summed E-state index contributed by atoms with van der Waals surface area (Å²) < 4.78 is 49.2. The summed E-state index contributed by atoms with van der Waals surface area (Å²) in [4.78, 5) is 0. The van der Waals surface area contributed by atoms with Gasteiger partial charge in [-0.25, -0.2) is 0 Å². The van der Waals surface area contributed by atoms with Gasteiger partial charge < -0.3 is 109 Å². The van der Waals surface area contributed by atoms with Gasteiger partial charge in [0, 0.05) is 5.41 Å². The third kappa shape index (κ3) is 10.6. The monoisotopic (exact) mass is 1080 g/mol. The van der Waals surface area contributed by atoms with Crippen LogP contribution >= 0.6 is 0 Å². The van der Waals surface area contributed by atoms with E-state index in [4.69, 9.17) is 37.9 Å². The molecule has 0 aromatic heterocycles. The van der Waals surface area contributed by atoms with E-state index in [0.717, 1.165) is 24.8 Å². The molecule has 8 fully saturated rings. The Balaban J connectivity index is 1.08. The van der Waals surface area contributed by atoms with Crippen LogP contribution in [-0.2, 0) is 37.9 Å². The van der Waals surface area contributed by atoms with Crippen LogP contribution in [0.4, 0.5) is 0 Å². The van der Waals surface area contributed by atoms with Crippen molar-refractivity contribution in [1.82, 2.24) is 0 Å².